The lowest BCUT2D eigenvalue weighted by Gasteiger charge is -2.12. The second-order valence-electron chi connectivity index (χ2n) is 5.56. The fraction of sp³-hybridized carbons (Fsp3) is 0.0556. The van der Waals surface area contributed by atoms with Gasteiger partial charge in [0.25, 0.3) is 15.9 Å². The van der Waals surface area contributed by atoms with Gasteiger partial charge in [0, 0.05) is 21.2 Å². The van der Waals surface area contributed by atoms with Gasteiger partial charge in [-0.05, 0) is 60.3 Å². The monoisotopic (exact) mass is 450 g/mol. The molecule has 0 saturated heterocycles. The lowest BCUT2D eigenvalue weighted by atomic mass is 10.2. The van der Waals surface area contributed by atoms with Gasteiger partial charge in [0.1, 0.15) is 0 Å². The highest BCUT2D eigenvalue weighted by Crippen LogP contribution is 2.24. The molecular weight excluding hydrogens is 436 g/mol. The van der Waals surface area contributed by atoms with E-state index in [1.807, 2.05) is 5.38 Å². The van der Waals surface area contributed by atoms with Crippen LogP contribution in [0.15, 0.2) is 68.7 Å². The van der Waals surface area contributed by atoms with Crippen LogP contribution in [0.25, 0.3) is 0 Å². The molecule has 0 atom stereocenters. The predicted molar refractivity (Wildman–Crippen MR) is 108 cm³/mol. The van der Waals surface area contributed by atoms with Gasteiger partial charge in [-0.15, -0.1) is 0 Å². The number of carbonyl (C=O) groups excluding carboxylic acids is 1. The van der Waals surface area contributed by atoms with Gasteiger partial charge < -0.3 is 5.32 Å². The highest BCUT2D eigenvalue weighted by Gasteiger charge is 2.18. The van der Waals surface area contributed by atoms with Gasteiger partial charge in [0.15, 0.2) is 0 Å². The molecule has 3 rings (SSSR count). The quantitative estimate of drug-likeness (QED) is 0.581. The van der Waals surface area contributed by atoms with Crippen molar-refractivity contribution in [3.63, 3.8) is 0 Å². The van der Waals surface area contributed by atoms with Crippen LogP contribution in [-0.4, -0.2) is 14.3 Å². The van der Waals surface area contributed by atoms with Crippen LogP contribution in [0.3, 0.4) is 0 Å². The average Bonchev–Trinajstić information content (AvgIpc) is 3.13. The number of anilines is 2. The number of halogens is 1. The van der Waals surface area contributed by atoms with Gasteiger partial charge in [-0.2, -0.15) is 11.3 Å². The Kier molecular flexibility index (Phi) is 5.45. The largest absolute Gasteiger partial charge is 0.322 e. The van der Waals surface area contributed by atoms with E-state index < -0.39 is 10.0 Å². The molecule has 2 N–H and O–H groups in total. The summed E-state index contributed by atoms with van der Waals surface area (Å²) in [6.45, 7) is 1.71. The lowest BCUT2D eigenvalue weighted by Crippen LogP contribution is -2.16. The Hall–Kier alpha value is -2.16. The van der Waals surface area contributed by atoms with E-state index in [9.17, 15) is 13.2 Å². The van der Waals surface area contributed by atoms with Crippen molar-refractivity contribution < 1.29 is 13.2 Å². The maximum absolute atomic E-state index is 12.7. The highest BCUT2D eigenvalue weighted by molar-refractivity contribution is 9.10. The van der Waals surface area contributed by atoms with Gasteiger partial charge in [0.05, 0.1) is 10.5 Å². The number of carbonyl (C=O) groups is 1. The van der Waals surface area contributed by atoms with E-state index in [1.54, 1.807) is 54.8 Å². The van der Waals surface area contributed by atoms with Crippen LogP contribution in [0.5, 0.6) is 0 Å². The summed E-state index contributed by atoms with van der Waals surface area (Å²) in [4.78, 5) is 12.3. The van der Waals surface area contributed by atoms with Gasteiger partial charge in [-0.1, -0.05) is 22.0 Å². The van der Waals surface area contributed by atoms with Crippen LogP contribution in [0, 0.1) is 6.92 Å². The minimum atomic E-state index is -3.78. The molecule has 3 aromatic rings. The lowest BCUT2D eigenvalue weighted by molar-refractivity contribution is 0.102. The Bertz CT molecular complexity index is 1030. The molecule has 26 heavy (non-hydrogen) atoms. The minimum Gasteiger partial charge on any atom is -0.322 e. The molecule has 8 heteroatoms. The fourth-order valence-corrected chi connectivity index (χ4v) is 4.52. The molecule has 0 saturated carbocycles. The minimum absolute atomic E-state index is 0.114. The Balaban J connectivity index is 1.86. The summed E-state index contributed by atoms with van der Waals surface area (Å²) in [6, 6.07) is 13.3. The van der Waals surface area contributed by atoms with Crippen LogP contribution >= 0.6 is 27.3 Å². The van der Waals surface area contributed by atoms with E-state index in [0.29, 0.717) is 22.5 Å². The number of nitrogens with one attached hydrogen (secondary N) is 2. The summed E-state index contributed by atoms with van der Waals surface area (Å²) >= 11 is 4.73. The summed E-state index contributed by atoms with van der Waals surface area (Å²) in [5.74, 6) is -0.278. The van der Waals surface area contributed by atoms with Crippen LogP contribution in [0.1, 0.15) is 15.9 Å². The van der Waals surface area contributed by atoms with E-state index >= 15 is 0 Å². The highest BCUT2D eigenvalue weighted by atomic mass is 79.9. The summed E-state index contributed by atoms with van der Waals surface area (Å²) in [5.41, 5.74) is 2.00. The second kappa shape index (κ2) is 7.61. The molecule has 0 spiro atoms. The molecule has 2 aromatic carbocycles. The zero-order valence-corrected chi connectivity index (χ0v) is 16.9. The van der Waals surface area contributed by atoms with Crippen molar-refractivity contribution in [2.45, 2.75) is 11.8 Å². The molecule has 1 amide bonds. The van der Waals surface area contributed by atoms with E-state index in [2.05, 4.69) is 26.0 Å². The topological polar surface area (TPSA) is 75.3 Å². The second-order valence-corrected chi connectivity index (χ2v) is 8.91. The van der Waals surface area contributed by atoms with Crippen LogP contribution in [-0.2, 0) is 10.0 Å². The Morgan fingerprint density at radius 2 is 1.73 bits per heavy atom. The number of amides is 1. The summed E-state index contributed by atoms with van der Waals surface area (Å²) in [7, 11) is -3.78. The SMILES string of the molecule is Cc1ccc(NC(=O)c2ccsc2)cc1S(=O)(=O)Nc1ccc(Br)cc1. The van der Waals surface area contributed by atoms with Gasteiger partial charge >= 0.3 is 0 Å². The zero-order valence-electron chi connectivity index (χ0n) is 13.7. The van der Waals surface area contributed by atoms with Crippen molar-refractivity contribution in [1.82, 2.24) is 0 Å². The van der Waals surface area contributed by atoms with Gasteiger partial charge in [-0.25, -0.2) is 8.42 Å². The van der Waals surface area contributed by atoms with Crippen LogP contribution < -0.4 is 10.0 Å². The number of hydrogen-bond donors (Lipinski definition) is 2. The van der Waals surface area contributed by atoms with Crippen molar-refractivity contribution in [3.05, 3.63) is 74.9 Å². The smallest absolute Gasteiger partial charge is 0.262 e. The molecule has 0 aliphatic heterocycles. The zero-order chi connectivity index (χ0) is 18.7. The molecule has 5 nitrogen and oxygen atoms in total. The van der Waals surface area contributed by atoms with E-state index in [4.69, 9.17) is 0 Å². The molecule has 0 aliphatic carbocycles. The van der Waals surface area contributed by atoms with Crippen molar-refractivity contribution in [2.24, 2.45) is 0 Å². The normalized spacial score (nSPS) is 11.2. The van der Waals surface area contributed by atoms with Gasteiger partial charge in [-0.3, -0.25) is 9.52 Å². The van der Waals surface area contributed by atoms with Gasteiger partial charge in [0.2, 0.25) is 0 Å². The van der Waals surface area contributed by atoms with Crippen molar-refractivity contribution >= 4 is 54.6 Å². The maximum atomic E-state index is 12.7. The third-order valence-electron chi connectivity index (χ3n) is 3.62. The number of sulfonamides is 1. The first-order chi connectivity index (χ1) is 12.3. The standard InChI is InChI=1S/C18H15BrN2O3S2/c1-12-2-5-16(20-18(22)13-8-9-25-11-13)10-17(12)26(23,24)21-15-6-3-14(19)4-7-15/h2-11,21H,1H3,(H,20,22). The van der Waals surface area contributed by atoms with Crippen LogP contribution in [0.2, 0.25) is 0 Å². The molecule has 0 fully saturated rings. The molecule has 0 bridgehead atoms. The van der Waals surface area contributed by atoms with E-state index in [1.165, 1.54) is 17.4 Å². The van der Waals surface area contributed by atoms with Crippen molar-refractivity contribution in [2.75, 3.05) is 10.0 Å². The van der Waals surface area contributed by atoms with Crippen LogP contribution in [0.4, 0.5) is 11.4 Å². The number of aryl methyl sites for hydroxylation is 1. The number of thiophene rings is 1. The van der Waals surface area contributed by atoms with E-state index in [-0.39, 0.29) is 10.8 Å². The number of hydrogen-bond acceptors (Lipinski definition) is 4. The molecule has 1 heterocycles. The Labute approximate surface area is 164 Å². The third-order valence-corrected chi connectivity index (χ3v) is 6.35. The van der Waals surface area contributed by atoms with E-state index in [0.717, 1.165) is 4.47 Å². The molecule has 0 aliphatic rings. The summed E-state index contributed by atoms with van der Waals surface area (Å²) in [5, 5.41) is 6.26. The Morgan fingerprint density at radius 3 is 2.38 bits per heavy atom. The predicted octanol–water partition coefficient (Wildman–Crippen LogP) is 4.87. The third kappa shape index (κ3) is 4.32. The first kappa shape index (κ1) is 18.6. The maximum Gasteiger partial charge on any atom is 0.262 e. The Morgan fingerprint density at radius 1 is 1.04 bits per heavy atom. The van der Waals surface area contributed by atoms with Crippen molar-refractivity contribution in [1.29, 1.82) is 0 Å². The summed E-state index contributed by atoms with van der Waals surface area (Å²) in [6.07, 6.45) is 0. The fourth-order valence-electron chi connectivity index (χ4n) is 2.29. The molecule has 0 radical (unpaired) electrons. The molecular formula is C18H15BrN2O3S2. The molecule has 134 valence electrons. The molecule has 1 aromatic heterocycles. The molecule has 0 unspecified atom stereocenters. The average molecular weight is 451 g/mol. The van der Waals surface area contributed by atoms with Crippen molar-refractivity contribution in [3.8, 4) is 0 Å². The number of rotatable bonds is 5. The summed E-state index contributed by atoms with van der Waals surface area (Å²) < 4.78 is 28.9. The number of benzene rings is 2. The first-order valence-electron chi connectivity index (χ1n) is 7.58. The first-order valence-corrected chi connectivity index (χ1v) is 10.8.